The summed E-state index contributed by atoms with van der Waals surface area (Å²) in [5, 5.41) is 3.18. The van der Waals surface area contributed by atoms with Crippen LogP contribution in [0.4, 0.5) is 0 Å². The van der Waals surface area contributed by atoms with E-state index in [4.69, 9.17) is 0 Å². The average Bonchev–Trinajstić information content (AvgIpc) is 2.05. The molecule has 2 aliphatic rings. The number of hydrogen-bond acceptors (Lipinski definition) is 1. The smallest absolute Gasteiger partial charge is 0.0415 e. The zero-order valence-corrected chi connectivity index (χ0v) is 5.67. The van der Waals surface area contributed by atoms with Crippen molar-refractivity contribution in [2.75, 3.05) is 0 Å². The first-order valence-corrected chi connectivity index (χ1v) is 3.46. The molecule has 0 saturated carbocycles. The molecule has 1 heterocycles. The van der Waals surface area contributed by atoms with Crippen LogP contribution in [0.25, 0.3) is 0 Å². The number of hydrogen-bond donors (Lipinski definition) is 1. The highest BCUT2D eigenvalue weighted by molar-refractivity contribution is 5.42. The third kappa shape index (κ3) is 0.798. The molecule has 50 valence electrons. The monoisotopic (exact) mass is 131 g/mol. The zero-order chi connectivity index (χ0) is 6.81. The normalized spacial score (nSPS) is 20.8. The van der Waals surface area contributed by atoms with Crippen LogP contribution in [-0.2, 0) is 0 Å². The first-order valence-electron chi connectivity index (χ1n) is 3.46. The Morgan fingerprint density at radius 3 is 3.10 bits per heavy atom. The van der Waals surface area contributed by atoms with E-state index < -0.39 is 0 Å². The molecule has 0 saturated heterocycles. The second-order valence-electron chi connectivity index (χ2n) is 2.41. The Morgan fingerprint density at radius 2 is 2.20 bits per heavy atom. The fourth-order valence-corrected chi connectivity index (χ4v) is 1.18. The standard InChI is InChI=1S/C9H9N/c1-2-6-9-8(4-1)5-3-7-10-9/h1-3,5-7,10H,4H2. The van der Waals surface area contributed by atoms with Crippen molar-refractivity contribution >= 4 is 0 Å². The second kappa shape index (κ2) is 2.18. The maximum Gasteiger partial charge on any atom is 0.0415 e. The van der Waals surface area contributed by atoms with Gasteiger partial charge in [0.2, 0.25) is 0 Å². The molecule has 0 fully saturated rings. The van der Waals surface area contributed by atoms with Crippen LogP contribution in [0.1, 0.15) is 6.42 Å². The molecule has 10 heavy (non-hydrogen) atoms. The Kier molecular flexibility index (Phi) is 1.21. The van der Waals surface area contributed by atoms with Crippen LogP contribution in [0.2, 0.25) is 0 Å². The quantitative estimate of drug-likeness (QED) is 0.529. The number of nitrogens with one attached hydrogen (secondary N) is 1. The molecule has 1 nitrogen and oxygen atoms in total. The Bertz CT molecular complexity index is 226. The number of allylic oxidation sites excluding steroid dienone is 6. The number of rotatable bonds is 0. The minimum atomic E-state index is 1.06. The maximum atomic E-state index is 3.18. The predicted octanol–water partition coefficient (Wildman–Crippen LogP) is 1.87. The van der Waals surface area contributed by atoms with Gasteiger partial charge in [0.1, 0.15) is 0 Å². The van der Waals surface area contributed by atoms with E-state index in [0.29, 0.717) is 0 Å². The van der Waals surface area contributed by atoms with Gasteiger partial charge in [-0.15, -0.1) is 0 Å². The first kappa shape index (κ1) is 5.54. The van der Waals surface area contributed by atoms with Gasteiger partial charge in [-0.05, 0) is 24.1 Å². The van der Waals surface area contributed by atoms with Gasteiger partial charge in [-0.1, -0.05) is 18.2 Å². The summed E-state index contributed by atoms with van der Waals surface area (Å²) in [6.45, 7) is 0. The molecule has 0 aromatic heterocycles. The van der Waals surface area contributed by atoms with E-state index in [-0.39, 0.29) is 0 Å². The van der Waals surface area contributed by atoms with Gasteiger partial charge in [-0.25, -0.2) is 0 Å². The van der Waals surface area contributed by atoms with Crippen LogP contribution in [0.15, 0.2) is 47.9 Å². The summed E-state index contributed by atoms with van der Waals surface area (Å²) < 4.78 is 0. The molecule has 1 aliphatic carbocycles. The highest BCUT2D eigenvalue weighted by atomic mass is 14.9. The number of fused-ring (bicyclic) bond motifs is 1. The number of dihydropyridines is 1. The summed E-state index contributed by atoms with van der Waals surface area (Å²) in [6.07, 6.45) is 13.5. The van der Waals surface area contributed by atoms with Gasteiger partial charge in [0.25, 0.3) is 0 Å². The fourth-order valence-electron chi connectivity index (χ4n) is 1.18. The highest BCUT2D eigenvalue weighted by Crippen LogP contribution is 2.19. The van der Waals surface area contributed by atoms with E-state index in [9.17, 15) is 0 Å². The van der Waals surface area contributed by atoms with Crippen molar-refractivity contribution in [1.82, 2.24) is 5.32 Å². The summed E-state index contributed by atoms with van der Waals surface area (Å²) >= 11 is 0. The second-order valence-corrected chi connectivity index (χ2v) is 2.41. The average molecular weight is 131 g/mol. The van der Waals surface area contributed by atoms with Crippen molar-refractivity contribution < 1.29 is 0 Å². The molecule has 0 atom stereocenters. The predicted molar refractivity (Wildman–Crippen MR) is 42.2 cm³/mol. The van der Waals surface area contributed by atoms with Crippen molar-refractivity contribution in [2.24, 2.45) is 0 Å². The topological polar surface area (TPSA) is 12.0 Å². The Hall–Kier alpha value is -1.24. The van der Waals surface area contributed by atoms with E-state index >= 15 is 0 Å². The Morgan fingerprint density at radius 1 is 1.20 bits per heavy atom. The van der Waals surface area contributed by atoms with Gasteiger partial charge >= 0.3 is 0 Å². The molecule has 0 aromatic rings. The molecular formula is C9H9N. The lowest BCUT2D eigenvalue weighted by atomic mass is 10.0. The van der Waals surface area contributed by atoms with Crippen LogP contribution < -0.4 is 5.32 Å². The summed E-state index contributed by atoms with van der Waals surface area (Å²) in [7, 11) is 0. The molecule has 2 rings (SSSR count). The van der Waals surface area contributed by atoms with E-state index in [2.05, 4.69) is 29.6 Å². The van der Waals surface area contributed by atoms with Gasteiger partial charge in [-0.2, -0.15) is 0 Å². The largest absolute Gasteiger partial charge is 0.361 e. The molecule has 0 spiro atoms. The lowest BCUT2D eigenvalue weighted by Crippen LogP contribution is -2.11. The van der Waals surface area contributed by atoms with Crippen LogP contribution in [0.5, 0.6) is 0 Å². The third-order valence-corrected chi connectivity index (χ3v) is 1.72. The zero-order valence-electron chi connectivity index (χ0n) is 5.67. The summed E-state index contributed by atoms with van der Waals surface area (Å²) in [5.41, 5.74) is 2.62. The van der Waals surface area contributed by atoms with Crippen molar-refractivity contribution in [3.05, 3.63) is 47.9 Å². The lowest BCUT2D eigenvalue weighted by molar-refractivity contribution is 1.00. The first-order chi connectivity index (χ1) is 4.97. The Labute approximate surface area is 60.4 Å². The van der Waals surface area contributed by atoms with Crippen LogP contribution in [-0.4, -0.2) is 0 Å². The minimum Gasteiger partial charge on any atom is -0.361 e. The molecular weight excluding hydrogens is 122 g/mol. The molecule has 1 N–H and O–H groups in total. The molecule has 0 amide bonds. The summed E-state index contributed by atoms with van der Waals surface area (Å²) in [5.74, 6) is 0. The van der Waals surface area contributed by atoms with Crippen LogP contribution >= 0.6 is 0 Å². The fraction of sp³-hybridized carbons (Fsp3) is 0.111. The highest BCUT2D eigenvalue weighted by Gasteiger charge is 2.05. The molecule has 1 aliphatic heterocycles. The van der Waals surface area contributed by atoms with Crippen LogP contribution in [0, 0.1) is 0 Å². The molecule has 0 radical (unpaired) electrons. The van der Waals surface area contributed by atoms with Gasteiger partial charge in [0, 0.05) is 11.9 Å². The van der Waals surface area contributed by atoms with Gasteiger partial charge in [-0.3, -0.25) is 0 Å². The third-order valence-electron chi connectivity index (χ3n) is 1.72. The van der Waals surface area contributed by atoms with Crippen molar-refractivity contribution in [2.45, 2.75) is 6.42 Å². The van der Waals surface area contributed by atoms with E-state index in [1.165, 1.54) is 11.3 Å². The summed E-state index contributed by atoms with van der Waals surface area (Å²) in [4.78, 5) is 0. The molecule has 1 heteroatoms. The SMILES string of the molecule is C1=CCC2=CC=CNC2=C1. The molecule has 0 aromatic carbocycles. The minimum absolute atomic E-state index is 1.06. The van der Waals surface area contributed by atoms with Crippen molar-refractivity contribution in [3.63, 3.8) is 0 Å². The Balaban J connectivity index is 2.38. The molecule has 0 unspecified atom stereocenters. The van der Waals surface area contributed by atoms with Gasteiger partial charge in [0.05, 0.1) is 0 Å². The summed E-state index contributed by atoms with van der Waals surface area (Å²) in [6, 6.07) is 0. The van der Waals surface area contributed by atoms with Crippen molar-refractivity contribution in [1.29, 1.82) is 0 Å². The lowest BCUT2D eigenvalue weighted by Gasteiger charge is -2.15. The van der Waals surface area contributed by atoms with Gasteiger partial charge in [0.15, 0.2) is 0 Å². The molecule has 0 bridgehead atoms. The van der Waals surface area contributed by atoms with Gasteiger partial charge < -0.3 is 5.32 Å². The maximum absolute atomic E-state index is 3.18. The van der Waals surface area contributed by atoms with Crippen LogP contribution in [0.3, 0.4) is 0 Å². The van der Waals surface area contributed by atoms with E-state index in [1.807, 2.05) is 12.3 Å². The van der Waals surface area contributed by atoms with E-state index in [0.717, 1.165) is 6.42 Å². The van der Waals surface area contributed by atoms with Crippen molar-refractivity contribution in [3.8, 4) is 0 Å². The van der Waals surface area contributed by atoms with E-state index in [1.54, 1.807) is 0 Å².